The molecule has 0 unspecified atom stereocenters. The van der Waals surface area contributed by atoms with Gasteiger partial charge in [0.25, 0.3) is 0 Å². The van der Waals surface area contributed by atoms with Crippen LogP contribution in [0.2, 0.25) is 5.02 Å². The maximum atomic E-state index is 11.1. The van der Waals surface area contributed by atoms with E-state index in [1.165, 1.54) is 18.4 Å². The largest absolute Gasteiger partial charge is 0.354 e. The predicted molar refractivity (Wildman–Crippen MR) is 85.6 cm³/mol. The fraction of sp³-hybridized carbons (Fsp3) is 0.588. The standard InChI is InChI=1S/C17H23ClN2O/c1-13(21)19-16-6-10-20(11-7-16)12-17(8-9-17)14-2-4-15(18)5-3-14/h2-5,16H,6-12H2,1H3,(H,19,21). The highest BCUT2D eigenvalue weighted by molar-refractivity contribution is 6.30. The van der Waals surface area contributed by atoms with E-state index < -0.39 is 0 Å². The Labute approximate surface area is 131 Å². The minimum Gasteiger partial charge on any atom is -0.354 e. The van der Waals surface area contributed by atoms with Crippen LogP contribution in [0, 0.1) is 0 Å². The number of halogens is 1. The first kappa shape index (κ1) is 14.9. The first-order chi connectivity index (χ1) is 10.1. The summed E-state index contributed by atoms with van der Waals surface area (Å²) in [5.74, 6) is 0.0910. The lowest BCUT2D eigenvalue weighted by Crippen LogP contribution is -2.46. The molecule has 0 atom stereocenters. The van der Waals surface area contributed by atoms with Crippen molar-refractivity contribution in [2.75, 3.05) is 19.6 Å². The van der Waals surface area contributed by atoms with Crippen molar-refractivity contribution in [1.29, 1.82) is 0 Å². The van der Waals surface area contributed by atoms with Gasteiger partial charge in [-0.1, -0.05) is 23.7 Å². The van der Waals surface area contributed by atoms with Crippen LogP contribution in [-0.2, 0) is 10.2 Å². The fourth-order valence-corrected chi connectivity index (χ4v) is 3.57. The van der Waals surface area contributed by atoms with Crippen LogP contribution >= 0.6 is 11.6 Å². The van der Waals surface area contributed by atoms with Gasteiger partial charge in [-0.15, -0.1) is 0 Å². The maximum absolute atomic E-state index is 11.1. The second kappa shape index (κ2) is 5.98. The Kier molecular flexibility index (Phi) is 4.23. The van der Waals surface area contributed by atoms with E-state index in [9.17, 15) is 4.79 Å². The van der Waals surface area contributed by atoms with E-state index in [1.807, 2.05) is 12.1 Å². The fourth-order valence-electron chi connectivity index (χ4n) is 3.44. The summed E-state index contributed by atoms with van der Waals surface area (Å²) in [7, 11) is 0. The monoisotopic (exact) mass is 306 g/mol. The molecule has 1 amide bonds. The van der Waals surface area contributed by atoms with E-state index >= 15 is 0 Å². The van der Waals surface area contributed by atoms with Gasteiger partial charge in [0.1, 0.15) is 0 Å². The number of carbonyl (C=O) groups is 1. The van der Waals surface area contributed by atoms with Gasteiger partial charge in [0.15, 0.2) is 0 Å². The lowest BCUT2D eigenvalue weighted by molar-refractivity contribution is -0.119. The molecule has 1 saturated carbocycles. The van der Waals surface area contributed by atoms with Crippen LogP contribution < -0.4 is 5.32 Å². The molecule has 1 aliphatic carbocycles. The lowest BCUT2D eigenvalue weighted by Gasteiger charge is -2.34. The van der Waals surface area contributed by atoms with Crippen LogP contribution in [0.5, 0.6) is 0 Å². The van der Waals surface area contributed by atoms with Crippen molar-refractivity contribution in [1.82, 2.24) is 10.2 Å². The van der Waals surface area contributed by atoms with Crippen LogP contribution in [0.15, 0.2) is 24.3 Å². The summed E-state index contributed by atoms with van der Waals surface area (Å²) in [5.41, 5.74) is 1.78. The summed E-state index contributed by atoms with van der Waals surface area (Å²) in [6.45, 7) is 4.91. The van der Waals surface area contributed by atoms with Gasteiger partial charge in [0.05, 0.1) is 0 Å². The normalized spacial score (nSPS) is 22.0. The van der Waals surface area contributed by atoms with E-state index in [2.05, 4.69) is 22.3 Å². The zero-order valence-electron chi connectivity index (χ0n) is 12.6. The van der Waals surface area contributed by atoms with E-state index in [0.29, 0.717) is 11.5 Å². The molecule has 0 radical (unpaired) electrons. The van der Waals surface area contributed by atoms with Gasteiger partial charge in [-0.25, -0.2) is 0 Å². The van der Waals surface area contributed by atoms with Crippen molar-refractivity contribution >= 4 is 17.5 Å². The topological polar surface area (TPSA) is 32.3 Å². The molecule has 2 fully saturated rings. The average molecular weight is 307 g/mol. The molecular weight excluding hydrogens is 284 g/mol. The lowest BCUT2D eigenvalue weighted by atomic mass is 9.94. The molecule has 3 nitrogen and oxygen atoms in total. The quantitative estimate of drug-likeness (QED) is 0.927. The third kappa shape index (κ3) is 3.58. The van der Waals surface area contributed by atoms with Crippen molar-refractivity contribution in [3.63, 3.8) is 0 Å². The van der Waals surface area contributed by atoms with Crippen molar-refractivity contribution in [3.8, 4) is 0 Å². The molecule has 0 aromatic heterocycles. The molecule has 1 aromatic carbocycles. The number of amides is 1. The molecule has 1 heterocycles. The van der Waals surface area contributed by atoms with Gasteiger partial charge in [-0.2, -0.15) is 0 Å². The van der Waals surface area contributed by atoms with Crippen molar-refractivity contribution in [2.45, 2.75) is 44.1 Å². The van der Waals surface area contributed by atoms with Crippen LogP contribution in [-0.4, -0.2) is 36.5 Å². The molecule has 0 bridgehead atoms. The molecule has 1 N–H and O–H groups in total. The minimum atomic E-state index is 0.0910. The summed E-state index contributed by atoms with van der Waals surface area (Å²) >= 11 is 5.99. The number of piperidine rings is 1. The van der Waals surface area contributed by atoms with Crippen LogP contribution in [0.4, 0.5) is 0 Å². The number of hydrogen-bond acceptors (Lipinski definition) is 2. The summed E-state index contributed by atoms with van der Waals surface area (Å²) in [6.07, 6.45) is 4.69. The van der Waals surface area contributed by atoms with Crippen LogP contribution in [0.3, 0.4) is 0 Å². The van der Waals surface area contributed by atoms with E-state index in [4.69, 9.17) is 11.6 Å². The second-order valence-electron chi connectivity index (χ2n) is 6.54. The van der Waals surface area contributed by atoms with Gasteiger partial charge in [0.2, 0.25) is 5.91 Å². The number of nitrogens with zero attached hydrogens (tertiary/aromatic N) is 1. The van der Waals surface area contributed by atoms with Gasteiger partial charge in [-0.05, 0) is 43.4 Å². The van der Waals surface area contributed by atoms with Crippen molar-refractivity contribution < 1.29 is 4.79 Å². The zero-order chi connectivity index (χ0) is 14.9. The number of hydrogen-bond donors (Lipinski definition) is 1. The molecule has 21 heavy (non-hydrogen) atoms. The number of nitrogens with one attached hydrogen (secondary N) is 1. The summed E-state index contributed by atoms with van der Waals surface area (Å²) in [4.78, 5) is 13.7. The number of likely N-dealkylation sites (tertiary alicyclic amines) is 1. The highest BCUT2D eigenvalue weighted by Gasteiger charge is 2.45. The number of carbonyl (C=O) groups excluding carboxylic acids is 1. The van der Waals surface area contributed by atoms with Crippen molar-refractivity contribution in [2.24, 2.45) is 0 Å². The smallest absolute Gasteiger partial charge is 0.217 e. The van der Waals surface area contributed by atoms with Crippen LogP contribution in [0.25, 0.3) is 0 Å². The Bertz CT molecular complexity index is 502. The van der Waals surface area contributed by atoms with Crippen LogP contribution in [0.1, 0.15) is 38.2 Å². The first-order valence-corrected chi connectivity index (χ1v) is 8.21. The zero-order valence-corrected chi connectivity index (χ0v) is 13.3. The third-order valence-electron chi connectivity index (χ3n) is 4.83. The molecule has 1 aliphatic heterocycles. The Morgan fingerprint density at radius 2 is 1.90 bits per heavy atom. The molecule has 1 saturated heterocycles. The van der Waals surface area contributed by atoms with E-state index in [-0.39, 0.29) is 5.91 Å². The second-order valence-corrected chi connectivity index (χ2v) is 6.97. The summed E-state index contributed by atoms with van der Waals surface area (Å²) in [5, 5.41) is 3.85. The van der Waals surface area contributed by atoms with Gasteiger partial charge >= 0.3 is 0 Å². The molecule has 3 rings (SSSR count). The predicted octanol–water partition coefficient (Wildman–Crippen LogP) is 2.97. The number of benzene rings is 1. The first-order valence-electron chi connectivity index (χ1n) is 7.83. The maximum Gasteiger partial charge on any atom is 0.217 e. The molecule has 4 heteroatoms. The summed E-state index contributed by atoms with van der Waals surface area (Å²) < 4.78 is 0. The molecule has 1 aromatic rings. The highest BCUT2D eigenvalue weighted by Crippen LogP contribution is 2.49. The van der Waals surface area contributed by atoms with Gasteiger partial charge in [0, 0.05) is 43.0 Å². The van der Waals surface area contributed by atoms with Gasteiger partial charge < -0.3 is 10.2 Å². The SMILES string of the molecule is CC(=O)NC1CCN(CC2(c3ccc(Cl)cc3)CC2)CC1. The molecule has 0 spiro atoms. The highest BCUT2D eigenvalue weighted by atomic mass is 35.5. The Balaban J connectivity index is 1.55. The third-order valence-corrected chi connectivity index (χ3v) is 5.08. The Morgan fingerprint density at radius 3 is 2.43 bits per heavy atom. The average Bonchev–Trinajstić information content (AvgIpc) is 3.22. The molecule has 114 valence electrons. The van der Waals surface area contributed by atoms with Gasteiger partial charge in [-0.3, -0.25) is 4.79 Å². The Morgan fingerprint density at radius 1 is 1.29 bits per heavy atom. The Hall–Kier alpha value is -1.06. The summed E-state index contributed by atoms with van der Waals surface area (Å²) in [6, 6.07) is 8.73. The van der Waals surface area contributed by atoms with Crippen molar-refractivity contribution in [3.05, 3.63) is 34.9 Å². The van der Waals surface area contributed by atoms with E-state index in [1.54, 1.807) is 6.92 Å². The molecular formula is C17H23ClN2O. The minimum absolute atomic E-state index is 0.0910. The molecule has 2 aliphatic rings. The number of rotatable bonds is 4. The van der Waals surface area contributed by atoms with E-state index in [0.717, 1.165) is 37.5 Å².